The zero-order chi connectivity index (χ0) is 36.9. The van der Waals surface area contributed by atoms with Crippen molar-refractivity contribution in [2.45, 2.75) is 85.6 Å². The maximum atomic E-state index is 14.5. The summed E-state index contributed by atoms with van der Waals surface area (Å²) in [5.74, 6) is -0.379. The average Bonchev–Trinajstić information content (AvgIpc) is 3.09. The van der Waals surface area contributed by atoms with Crippen molar-refractivity contribution >= 4 is 29.6 Å². The van der Waals surface area contributed by atoms with E-state index in [4.69, 9.17) is 14.3 Å². The van der Waals surface area contributed by atoms with Gasteiger partial charge in [0.05, 0.1) is 17.6 Å². The van der Waals surface area contributed by atoms with E-state index < -0.39 is 17.1 Å². The fourth-order valence-corrected chi connectivity index (χ4v) is 6.47. The molecule has 0 radical (unpaired) electrons. The molecule has 11 heteroatoms. The Labute approximate surface area is 300 Å². The largest absolute Gasteiger partial charge is 0.471 e. The fourth-order valence-electron chi connectivity index (χ4n) is 6.47. The molecule has 0 aromatic heterocycles. The SMILES string of the molecule is Cc1cc2c(cc1C(=O)N(C(C)C)C1CCCN(OC(=O)C(C)(C)C)C1)N(CCNC(=O)OCc1ccccc1)C(=O)C(C)(c1ccccc1)O2. The van der Waals surface area contributed by atoms with E-state index in [-0.39, 0.29) is 49.6 Å². The molecule has 1 N–H and O–H groups in total. The number of benzene rings is 3. The van der Waals surface area contributed by atoms with E-state index in [2.05, 4.69) is 5.32 Å². The second kappa shape index (κ2) is 15.6. The molecular weight excluding hydrogens is 648 g/mol. The maximum absolute atomic E-state index is 14.5. The Morgan fingerprint density at radius 2 is 1.71 bits per heavy atom. The van der Waals surface area contributed by atoms with Crippen LogP contribution in [0.2, 0.25) is 0 Å². The van der Waals surface area contributed by atoms with Gasteiger partial charge in [0.15, 0.2) is 0 Å². The number of carbonyl (C=O) groups is 4. The van der Waals surface area contributed by atoms with Gasteiger partial charge in [-0.15, -0.1) is 5.06 Å². The Hall–Kier alpha value is -4.90. The van der Waals surface area contributed by atoms with Crippen LogP contribution in [0.15, 0.2) is 72.8 Å². The molecule has 5 rings (SSSR count). The summed E-state index contributed by atoms with van der Waals surface area (Å²) in [6.45, 7) is 14.3. The third kappa shape index (κ3) is 8.53. The van der Waals surface area contributed by atoms with E-state index in [1.165, 1.54) is 0 Å². The number of ether oxygens (including phenoxy) is 2. The molecule has 0 spiro atoms. The summed E-state index contributed by atoms with van der Waals surface area (Å²) in [5.41, 5.74) is 1.11. The summed E-state index contributed by atoms with van der Waals surface area (Å²) < 4.78 is 11.9. The molecule has 272 valence electrons. The van der Waals surface area contributed by atoms with Crippen molar-refractivity contribution in [1.82, 2.24) is 15.3 Å². The predicted octanol–water partition coefficient (Wildman–Crippen LogP) is 6.38. The second-order valence-electron chi connectivity index (χ2n) is 14.7. The molecule has 11 nitrogen and oxygen atoms in total. The van der Waals surface area contributed by atoms with Gasteiger partial charge in [-0.1, -0.05) is 60.7 Å². The highest BCUT2D eigenvalue weighted by Gasteiger charge is 2.46. The van der Waals surface area contributed by atoms with Crippen molar-refractivity contribution in [2.75, 3.05) is 31.1 Å². The van der Waals surface area contributed by atoms with Gasteiger partial charge >= 0.3 is 12.1 Å². The number of rotatable bonds is 10. The first-order chi connectivity index (χ1) is 24.2. The maximum Gasteiger partial charge on any atom is 0.407 e. The fraction of sp³-hybridized carbons (Fsp3) is 0.450. The van der Waals surface area contributed by atoms with Crippen LogP contribution in [-0.2, 0) is 31.4 Å². The molecule has 3 amide bonds. The first kappa shape index (κ1) is 37.4. The van der Waals surface area contributed by atoms with Crippen LogP contribution in [0.25, 0.3) is 0 Å². The predicted molar refractivity (Wildman–Crippen MR) is 194 cm³/mol. The number of amides is 3. The van der Waals surface area contributed by atoms with Crippen LogP contribution in [0, 0.1) is 12.3 Å². The van der Waals surface area contributed by atoms with Crippen LogP contribution in [0.4, 0.5) is 10.5 Å². The molecule has 3 aromatic carbocycles. The van der Waals surface area contributed by atoms with Gasteiger partial charge in [-0.3, -0.25) is 9.59 Å². The lowest BCUT2D eigenvalue weighted by atomic mass is 9.91. The number of carbonyl (C=O) groups excluding carboxylic acids is 4. The number of anilines is 1. The Bertz CT molecular complexity index is 1720. The highest BCUT2D eigenvalue weighted by atomic mass is 16.7. The molecule has 1 saturated heterocycles. The zero-order valence-electron chi connectivity index (χ0n) is 30.7. The van der Waals surface area contributed by atoms with Gasteiger partial charge in [-0.05, 0) is 84.6 Å². The summed E-state index contributed by atoms with van der Waals surface area (Å²) in [4.78, 5) is 63.3. The Balaban J connectivity index is 1.41. The highest BCUT2D eigenvalue weighted by molar-refractivity contribution is 6.05. The molecule has 2 unspecified atom stereocenters. The summed E-state index contributed by atoms with van der Waals surface area (Å²) in [6, 6.07) is 21.8. The first-order valence-corrected chi connectivity index (χ1v) is 17.6. The lowest BCUT2D eigenvalue weighted by Crippen LogP contribution is -2.54. The number of nitrogens with one attached hydrogen (secondary N) is 1. The van der Waals surface area contributed by atoms with Crippen LogP contribution in [0.3, 0.4) is 0 Å². The van der Waals surface area contributed by atoms with Crippen LogP contribution < -0.4 is 15.0 Å². The minimum absolute atomic E-state index is 0.101. The lowest BCUT2D eigenvalue weighted by molar-refractivity contribution is -0.208. The van der Waals surface area contributed by atoms with Crippen LogP contribution in [0.5, 0.6) is 5.75 Å². The van der Waals surface area contributed by atoms with Gasteiger partial charge in [0.25, 0.3) is 11.8 Å². The van der Waals surface area contributed by atoms with Crippen LogP contribution in [0.1, 0.15) is 81.4 Å². The quantitative estimate of drug-likeness (QED) is 0.259. The molecular formula is C40H50N4O7. The van der Waals surface area contributed by atoms with Crippen molar-refractivity contribution < 1.29 is 33.5 Å². The van der Waals surface area contributed by atoms with Crippen molar-refractivity contribution in [2.24, 2.45) is 5.41 Å². The molecule has 1 fully saturated rings. The lowest BCUT2D eigenvalue weighted by Gasteiger charge is -2.42. The van der Waals surface area contributed by atoms with E-state index in [1.807, 2.05) is 113 Å². The minimum atomic E-state index is -1.35. The number of fused-ring (bicyclic) bond motifs is 1. The van der Waals surface area contributed by atoms with E-state index in [9.17, 15) is 19.2 Å². The second-order valence-corrected chi connectivity index (χ2v) is 14.7. The number of piperidine rings is 1. The average molecular weight is 699 g/mol. The van der Waals surface area contributed by atoms with Crippen LogP contribution >= 0.6 is 0 Å². The van der Waals surface area contributed by atoms with Crippen molar-refractivity contribution in [3.63, 3.8) is 0 Å². The topological polar surface area (TPSA) is 118 Å². The van der Waals surface area contributed by atoms with Crippen molar-refractivity contribution in [3.8, 4) is 5.75 Å². The van der Waals surface area contributed by atoms with E-state index in [1.54, 1.807) is 23.0 Å². The van der Waals surface area contributed by atoms with Crippen molar-refractivity contribution in [1.29, 1.82) is 0 Å². The summed E-state index contributed by atoms with van der Waals surface area (Å²) in [5, 5.41) is 4.43. The normalized spacial score (nSPS) is 19.2. The molecule has 2 aliphatic heterocycles. The number of hydroxylamine groups is 2. The summed E-state index contributed by atoms with van der Waals surface area (Å²) >= 11 is 0. The monoisotopic (exact) mass is 698 g/mol. The molecule has 2 atom stereocenters. The third-order valence-corrected chi connectivity index (χ3v) is 9.30. The number of nitrogens with zero attached hydrogens (tertiary/aromatic N) is 3. The summed E-state index contributed by atoms with van der Waals surface area (Å²) in [6.07, 6.45) is 0.913. The van der Waals surface area contributed by atoms with E-state index in [0.717, 1.165) is 18.4 Å². The third-order valence-electron chi connectivity index (χ3n) is 9.30. The first-order valence-electron chi connectivity index (χ1n) is 17.6. The standard InChI is InChI=1S/C40H50N4O7/c1-27(2)44(31-19-14-21-42(25-31)51-37(47)39(4,5)6)35(45)32-24-33-34(23-28(32)3)50-40(7,30-17-12-9-13-18-30)36(46)43(33)22-20-41-38(48)49-26-29-15-10-8-11-16-29/h8-13,15-18,23-24,27,31H,14,19-22,25-26H2,1-7H3,(H,41,48). The van der Waals surface area contributed by atoms with Gasteiger partial charge in [0.1, 0.15) is 12.4 Å². The molecule has 3 aromatic rings. The Kier molecular flexibility index (Phi) is 11.4. The molecule has 2 aliphatic rings. The highest BCUT2D eigenvalue weighted by Crippen LogP contribution is 2.44. The molecule has 0 bridgehead atoms. The van der Waals surface area contributed by atoms with Gasteiger partial charge in [-0.25, -0.2) is 9.59 Å². The van der Waals surface area contributed by atoms with Crippen LogP contribution in [-0.4, -0.2) is 72.1 Å². The number of aryl methyl sites for hydroxylation is 1. The zero-order valence-corrected chi connectivity index (χ0v) is 30.7. The smallest absolute Gasteiger partial charge is 0.407 e. The van der Waals surface area contributed by atoms with Gasteiger partial charge in [0.2, 0.25) is 5.60 Å². The number of hydrogen-bond donors (Lipinski definition) is 1. The molecule has 0 aliphatic carbocycles. The van der Waals surface area contributed by atoms with E-state index in [0.29, 0.717) is 41.2 Å². The molecule has 2 heterocycles. The Morgan fingerprint density at radius 3 is 2.35 bits per heavy atom. The number of hydrogen-bond acceptors (Lipinski definition) is 8. The summed E-state index contributed by atoms with van der Waals surface area (Å²) in [7, 11) is 0. The number of alkyl carbamates (subject to hydrolysis) is 1. The van der Waals surface area contributed by atoms with Gasteiger partial charge < -0.3 is 29.4 Å². The van der Waals surface area contributed by atoms with E-state index >= 15 is 0 Å². The minimum Gasteiger partial charge on any atom is -0.471 e. The van der Waals surface area contributed by atoms with Gasteiger partial charge in [-0.2, -0.15) is 0 Å². The Morgan fingerprint density at radius 1 is 1.04 bits per heavy atom. The van der Waals surface area contributed by atoms with Crippen molar-refractivity contribution in [3.05, 3.63) is 95.1 Å². The van der Waals surface area contributed by atoms with Gasteiger partial charge in [0, 0.05) is 42.8 Å². The molecule has 51 heavy (non-hydrogen) atoms. The molecule has 0 saturated carbocycles.